The molecule has 1 aromatic heterocycles. The van der Waals surface area contributed by atoms with Crippen molar-refractivity contribution in [3.63, 3.8) is 0 Å². The van der Waals surface area contributed by atoms with Crippen molar-refractivity contribution in [2.24, 2.45) is 11.8 Å². The molecule has 1 aromatic rings. The van der Waals surface area contributed by atoms with Gasteiger partial charge in [0.15, 0.2) is 0 Å². The minimum absolute atomic E-state index is 0.626. The summed E-state index contributed by atoms with van der Waals surface area (Å²) in [6, 6.07) is 2.84. The second-order valence-electron chi connectivity index (χ2n) is 6.19. The van der Waals surface area contributed by atoms with Crippen LogP contribution in [0.25, 0.3) is 0 Å². The number of nitrogens with one attached hydrogen (secondary N) is 1. The van der Waals surface area contributed by atoms with Gasteiger partial charge in [-0.2, -0.15) is 0 Å². The number of nitrogens with zero attached hydrogens (tertiary/aromatic N) is 2. The first-order valence-corrected chi connectivity index (χ1v) is 7.11. The van der Waals surface area contributed by atoms with E-state index in [1.807, 2.05) is 0 Å². The largest absolute Gasteiger partial charge is 0.361 e. The van der Waals surface area contributed by atoms with E-state index in [2.05, 4.69) is 35.3 Å². The average Bonchev–Trinajstić information content (AvgIpc) is 2.93. The van der Waals surface area contributed by atoms with Gasteiger partial charge in [-0.15, -0.1) is 0 Å². The minimum atomic E-state index is 0.626. The van der Waals surface area contributed by atoms with Crippen molar-refractivity contribution in [2.75, 3.05) is 19.6 Å². The Balaban J connectivity index is 1.55. The quantitative estimate of drug-likeness (QED) is 0.881. The lowest BCUT2D eigenvalue weighted by Gasteiger charge is -2.14. The monoisotopic (exact) mass is 249 g/mol. The van der Waals surface area contributed by atoms with Gasteiger partial charge >= 0.3 is 0 Å². The van der Waals surface area contributed by atoms with Crippen molar-refractivity contribution in [2.45, 2.75) is 39.3 Å². The van der Waals surface area contributed by atoms with E-state index in [4.69, 9.17) is 4.52 Å². The van der Waals surface area contributed by atoms with Crippen molar-refractivity contribution < 1.29 is 4.52 Å². The third kappa shape index (κ3) is 2.59. The predicted octanol–water partition coefficient (Wildman–Crippen LogP) is 1.67. The molecule has 4 heteroatoms. The SMILES string of the molecule is CC(C)Cc1cc(CN2C[C@@H]3CCN[C@@H]3C2)no1. The first-order valence-electron chi connectivity index (χ1n) is 7.11. The summed E-state index contributed by atoms with van der Waals surface area (Å²) in [4.78, 5) is 2.50. The Labute approximate surface area is 109 Å². The summed E-state index contributed by atoms with van der Waals surface area (Å²) in [7, 11) is 0. The maximum Gasteiger partial charge on any atom is 0.137 e. The molecule has 0 radical (unpaired) electrons. The third-order valence-corrected chi connectivity index (χ3v) is 4.04. The molecular weight excluding hydrogens is 226 g/mol. The summed E-state index contributed by atoms with van der Waals surface area (Å²) < 4.78 is 5.39. The highest BCUT2D eigenvalue weighted by atomic mass is 16.5. The van der Waals surface area contributed by atoms with Crippen molar-refractivity contribution in [1.29, 1.82) is 0 Å². The fourth-order valence-electron chi connectivity index (χ4n) is 3.23. The first kappa shape index (κ1) is 12.2. The molecule has 100 valence electrons. The fraction of sp³-hybridized carbons (Fsp3) is 0.786. The van der Waals surface area contributed by atoms with Gasteiger partial charge in [-0.25, -0.2) is 0 Å². The Morgan fingerprint density at radius 2 is 2.39 bits per heavy atom. The van der Waals surface area contributed by atoms with Gasteiger partial charge in [-0.3, -0.25) is 4.90 Å². The van der Waals surface area contributed by atoms with Crippen molar-refractivity contribution in [1.82, 2.24) is 15.4 Å². The molecule has 0 bridgehead atoms. The topological polar surface area (TPSA) is 41.3 Å². The number of hydrogen-bond donors (Lipinski definition) is 1. The lowest BCUT2D eigenvalue weighted by atomic mass is 10.1. The lowest BCUT2D eigenvalue weighted by Crippen LogP contribution is -2.29. The predicted molar refractivity (Wildman–Crippen MR) is 70.2 cm³/mol. The van der Waals surface area contributed by atoms with Crippen LogP contribution in [-0.2, 0) is 13.0 Å². The van der Waals surface area contributed by atoms with E-state index < -0.39 is 0 Å². The van der Waals surface area contributed by atoms with Gasteiger partial charge in [0, 0.05) is 38.2 Å². The van der Waals surface area contributed by atoms with Crippen LogP contribution < -0.4 is 5.32 Å². The number of aromatic nitrogens is 1. The normalized spacial score (nSPS) is 28.2. The van der Waals surface area contributed by atoms with Gasteiger partial charge in [0.05, 0.1) is 5.69 Å². The van der Waals surface area contributed by atoms with Crippen LogP contribution in [-0.4, -0.2) is 35.7 Å². The highest BCUT2D eigenvalue weighted by Crippen LogP contribution is 2.25. The molecule has 0 saturated carbocycles. The number of fused-ring (bicyclic) bond motifs is 1. The molecule has 2 fully saturated rings. The Hall–Kier alpha value is -0.870. The summed E-state index contributed by atoms with van der Waals surface area (Å²) in [5, 5.41) is 7.77. The van der Waals surface area contributed by atoms with Crippen molar-refractivity contribution in [3.05, 3.63) is 17.5 Å². The van der Waals surface area contributed by atoms with Crippen LogP contribution >= 0.6 is 0 Å². The van der Waals surface area contributed by atoms with E-state index in [-0.39, 0.29) is 0 Å². The standard InChI is InChI=1S/C14H23N3O/c1-10(2)5-13-6-12(16-18-13)8-17-7-11-3-4-15-14(11)9-17/h6,10-11,14-15H,3-5,7-9H2,1-2H3/t11-,14+/m0/s1. The maximum absolute atomic E-state index is 5.39. The molecule has 0 unspecified atom stereocenters. The van der Waals surface area contributed by atoms with Crippen LogP contribution in [0.1, 0.15) is 31.7 Å². The second kappa shape index (κ2) is 5.02. The van der Waals surface area contributed by atoms with Crippen molar-refractivity contribution >= 4 is 0 Å². The first-order chi connectivity index (χ1) is 8.70. The molecule has 2 saturated heterocycles. The van der Waals surface area contributed by atoms with Crippen LogP contribution in [0.4, 0.5) is 0 Å². The Kier molecular flexibility index (Phi) is 3.39. The van der Waals surface area contributed by atoms with Gasteiger partial charge in [0.25, 0.3) is 0 Å². The fourth-order valence-corrected chi connectivity index (χ4v) is 3.23. The van der Waals surface area contributed by atoms with E-state index in [1.54, 1.807) is 0 Å². The molecule has 0 amide bonds. The van der Waals surface area contributed by atoms with Crippen LogP contribution in [0.5, 0.6) is 0 Å². The second-order valence-corrected chi connectivity index (χ2v) is 6.19. The summed E-state index contributed by atoms with van der Waals surface area (Å²) in [5.74, 6) is 2.51. The zero-order chi connectivity index (χ0) is 12.5. The molecule has 2 atom stereocenters. The van der Waals surface area contributed by atoms with Crippen LogP contribution in [0.2, 0.25) is 0 Å². The highest BCUT2D eigenvalue weighted by Gasteiger charge is 2.35. The summed E-state index contributed by atoms with van der Waals surface area (Å²) in [6.45, 7) is 8.92. The van der Waals surface area contributed by atoms with E-state index in [9.17, 15) is 0 Å². The van der Waals surface area contributed by atoms with Crippen LogP contribution in [0.3, 0.4) is 0 Å². The Morgan fingerprint density at radius 1 is 1.50 bits per heavy atom. The molecule has 2 aliphatic heterocycles. The molecule has 0 spiro atoms. The van der Waals surface area contributed by atoms with Gasteiger partial charge < -0.3 is 9.84 Å². The van der Waals surface area contributed by atoms with E-state index in [0.717, 1.165) is 36.9 Å². The molecule has 3 rings (SSSR count). The van der Waals surface area contributed by atoms with E-state index in [1.165, 1.54) is 19.5 Å². The summed E-state index contributed by atoms with van der Waals surface area (Å²) in [5.41, 5.74) is 1.09. The van der Waals surface area contributed by atoms with Gasteiger partial charge in [-0.1, -0.05) is 19.0 Å². The summed E-state index contributed by atoms with van der Waals surface area (Å²) in [6.07, 6.45) is 2.32. The molecule has 18 heavy (non-hydrogen) atoms. The van der Waals surface area contributed by atoms with Gasteiger partial charge in [0.2, 0.25) is 0 Å². The average molecular weight is 249 g/mol. The molecular formula is C14H23N3O. The minimum Gasteiger partial charge on any atom is -0.361 e. The smallest absolute Gasteiger partial charge is 0.137 e. The van der Waals surface area contributed by atoms with Crippen molar-refractivity contribution in [3.8, 4) is 0 Å². The molecule has 3 heterocycles. The molecule has 4 nitrogen and oxygen atoms in total. The lowest BCUT2D eigenvalue weighted by molar-refractivity contribution is 0.290. The molecule has 1 N–H and O–H groups in total. The summed E-state index contributed by atoms with van der Waals surface area (Å²) >= 11 is 0. The number of likely N-dealkylation sites (tertiary alicyclic amines) is 1. The molecule has 2 aliphatic rings. The molecule has 0 aromatic carbocycles. The highest BCUT2D eigenvalue weighted by molar-refractivity contribution is 5.07. The maximum atomic E-state index is 5.39. The Bertz CT molecular complexity index is 389. The van der Waals surface area contributed by atoms with E-state index in [0.29, 0.717) is 12.0 Å². The third-order valence-electron chi connectivity index (χ3n) is 4.04. The zero-order valence-corrected chi connectivity index (χ0v) is 11.4. The van der Waals surface area contributed by atoms with Crippen LogP contribution in [0.15, 0.2) is 10.6 Å². The zero-order valence-electron chi connectivity index (χ0n) is 11.4. The van der Waals surface area contributed by atoms with Gasteiger partial charge in [-0.05, 0) is 24.8 Å². The van der Waals surface area contributed by atoms with Gasteiger partial charge in [0.1, 0.15) is 5.76 Å². The molecule has 0 aliphatic carbocycles. The van der Waals surface area contributed by atoms with Crippen LogP contribution in [0, 0.1) is 11.8 Å². The Morgan fingerprint density at radius 3 is 3.17 bits per heavy atom. The number of hydrogen-bond acceptors (Lipinski definition) is 4. The number of rotatable bonds is 4. The van der Waals surface area contributed by atoms with E-state index >= 15 is 0 Å².